The number of rotatable bonds is 4. The largest absolute Gasteiger partial charge is 0.388 e. The van der Waals surface area contributed by atoms with E-state index in [2.05, 4.69) is 29.8 Å². The third-order valence-electron chi connectivity index (χ3n) is 2.94. The van der Waals surface area contributed by atoms with E-state index in [-0.39, 0.29) is 5.92 Å². The van der Waals surface area contributed by atoms with Crippen LogP contribution >= 0.6 is 15.9 Å². The Balaban J connectivity index is 2.98. The number of hydrogen-bond donors (Lipinski definition) is 2. The van der Waals surface area contributed by atoms with Gasteiger partial charge in [0.15, 0.2) is 0 Å². The van der Waals surface area contributed by atoms with Gasteiger partial charge in [-0.05, 0) is 42.6 Å². The van der Waals surface area contributed by atoms with Crippen LogP contribution in [0.1, 0.15) is 31.1 Å². The highest BCUT2D eigenvalue weighted by molar-refractivity contribution is 9.10. The van der Waals surface area contributed by atoms with Gasteiger partial charge in [0.2, 0.25) is 0 Å². The summed E-state index contributed by atoms with van der Waals surface area (Å²) in [6.07, 6.45) is -0.485. The molecule has 0 aliphatic rings. The molecule has 0 saturated heterocycles. The van der Waals surface area contributed by atoms with Gasteiger partial charge in [0.05, 0.1) is 6.10 Å². The van der Waals surface area contributed by atoms with E-state index in [0.717, 1.165) is 15.6 Å². The highest BCUT2D eigenvalue weighted by atomic mass is 79.9. The van der Waals surface area contributed by atoms with Crippen LogP contribution in [0.3, 0.4) is 0 Å². The van der Waals surface area contributed by atoms with Crippen molar-refractivity contribution >= 4 is 15.9 Å². The number of benzene rings is 1. The number of halogens is 1. The summed E-state index contributed by atoms with van der Waals surface area (Å²) in [6.45, 7) is 6.70. The molecule has 0 spiro atoms. The monoisotopic (exact) mass is 285 g/mol. The summed E-state index contributed by atoms with van der Waals surface area (Å²) in [4.78, 5) is 0. The Morgan fingerprint density at radius 1 is 1.31 bits per heavy atom. The lowest BCUT2D eigenvalue weighted by Gasteiger charge is -2.25. The van der Waals surface area contributed by atoms with Crippen molar-refractivity contribution in [2.45, 2.75) is 26.9 Å². The molecule has 0 radical (unpaired) electrons. The Kier molecular flexibility index (Phi) is 4.96. The van der Waals surface area contributed by atoms with Crippen LogP contribution < -0.4 is 5.73 Å². The number of aryl methyl sites for hydroxylation is 1. The quantitative estimate of drug-likeness (QED) is 0.893. The summed E-state index contributed by atoms with van der Waals surface area (Å²) in [5, 5.41) is 10.3. The van der Waals surface area contributed by atoms with Crippen LogP contribution in [-0.2, 0) is 0 Å². The molecule has 0 aliphatic carbocycles. The van der Waals surface area contributed by atoms with Gasteiger partial charge in [0, 0.05) is 10.4 Å². The second-order valence-electron chi connectivity index (χ2n) is 4.65. The molecule has 0 fully saturated rings. The number of aliphatic hydroxyl groups is 1. The van der Waals surface area contributed by atoms with Crippen molar-refractivity contribution in [1.29, 1.82) is 0 Å². The molecule has 90 valence electrons. The molecule has 0 aromatic heterocycles. The molecule has 2 nitrogen and oxygen atoms in total. The van der Waals surface area contributed by atoms with Crippen molar-refractivity contribution in [2.24, 2.45) is 17.6 Å². The summed E-state index contributed by atoms with van der Waals surface area (Å²) in [5.74, 6) is 0.480. The zero-order chi connectivity index (χ0) is 12.3. The predicted octanol–water partition coefficient (Wildman–Crippen LogP) is 3.02. The zero-order valence-electron chi connectivity index (χ0n) is 10.1. The first-order valence-electron chi connectivity index (χ1n) is 5.61. The lowest BCUT2D eigenvalue weighted by atomic mass is 9.86. The molecule has 0 heterocycles. The predicted molar refractivity (Wildman–Crippen MR) is 71.2 cm³/mol. The summed E-state index contributed by atoms with van der Waals surface area (Å²) in [5.41, 5.74) is 7.80. The molecule has 1 aromatic rings. The highest BCUT2D eigenvalue weighted by Crippen LogP contribution is 2.29. The third kappa shape index (κ3) is 3.30. The maximum Gasteiger partial charge on any atom is 0.0833 e. The molecule has 0 bridgehead atoms. The van der Waals surface area contributed by atoms with E-state index in [9.17, 15) is 5.11 Å². The van der Waals surface area contributed by atoms with Gasteiger partial charge in [-0.2, -0.15) is 0 Å². The molecule has 3 heteroatoms. The molecule has 0 saturated carbocycles. The SMILES string of the molecule is Cc1cc(Br)cc(C(O)C(CN)C(C)C)c1. The van der Waals surface area contributed by atoms with Crippen molar-refractivity contribution < 1.29 is 5.11 Å². The van der Waals surface area contributed by atoms with Gasteiger partial charge in [0.1, 0.15) is 0 Å². The molecule has 2 unspecified atom stereocenters. The summed E-state index contributed by atoms with van der Waals surface area (Å²) >= 11 is 3.45. The van der Waals surface area contributed by atoms with Crippen LogP contribution in [-0.4, -0.2) is 11.7 Å². The van der Waals surface area contributed by atoms with Crippen LogP contribution in [0.4, 0.5) is 0 Å². The van der Waals surface area contributed by atoms with Gasteiger partial charge >= 0.3 is 0 Å². The maximum absolute atomic E-state index is 10.3. The van der Waals surface area contributed by atoms with E-state index in [4.69, 9.17) is 5.73 Å². The van der Waals surface area contributed by atoms with E-state index in [1.165, 1.54) is 0 Å². The third-order valence-corrected chi connectivity index (χ3v) is 3.40. The molecule has 2 atom stereocenters. The van der Waals surface area contributed by atoms with Crippen molar-refractivity contribution in [3.8, 4) is 0 Å². The van der Waals surface area contributed by atoms with Crippen LogP contribution in [0.5, 0.6) is 0 Å². The Hall–Kier alpha value is -0.380. The maximum atomic E-state index is 10.3. The van der Waals surface area contributed by atoms with Gasteiger partial charge in [-0.25, -0.2) is 0 Å². The first kappa shape index (κ1) is 13.7. The van der Waals surface area contributed by atoms with Crippen molar-refractivity contribution in [1.82, 2.24) is 0 Å². The molecular formula is C13H20BrNO. The Morgan fingerprint density at radius 2 is 1.94 bits per heavy atom. The second-order valence-corrected chi connectivity index (χ2v) is 5.57. The molecular weight excluding hydrogens is 266 g/mol. The fourth-order valence-corrected chi connectivity index (χ4v) is 2.57. The van der Waals surface area contributed by atoms with E-state index >= 15 is 0 Å². The van der Waals surface area contributed by atoms with Crippen molar-refractivity contribution in [2.75, 3.05) is 6.54 Å². The van der Waals surface area contributed by atoms with E-state index in [0.29, 0.717) is 12.5 Å². The van der Waals surface area contributed by atoms with Crippen molar-refractivity contribution in [3.05, 3.63) is 33.8 Å². The lowest BCUT2D eigenvalue weighted by Crippen LogP contribution is -2.26. The molecule has 3 N–H and O–H groups in total. The van der Waals surface area contributed by atoms with Crippen LogP contribution in [0.25, 0.3) is 0 Å². The molecule has 1 aromatic carbocycles. The molecule has 16 heavy (non-hydrogen) atoms. The average Bonchev–Trinajstić information content (AvgIpc) is 2.16. The Bertz CT molecular complexity index is 332. The van der Waals surface area contributed by atoms with Crippen LogP contribution in [0.2, 0.25) is 0 Å². The number of aliphatic hydroxyl groups excluding tert-OH is 1. The smallest absolute Gasteiger partial charge is 0.0833 e. The Morgan fingerprint density at radius 3 is 2.38 bits per heavy atom. The first-order chi connectivity index (χ1) is 7.45. The van der Waals surface area contributed by atoms with E-state index in [1.807, 2.05) is 25.1 Å². The molecule has 0 aliphatic heterocycles. The van der Waals surface area contributed by atoms with Gasteiger partial charge < -0.3 is 10.8 Å². The fourth-order valence-electron chi connectivity index (χ4n) is 1.95. The Labute approximate surface area is 106 Å². The van der Waals surface area contributed by atoms with Crippen LogP contribution in [0.15, 0.2) is 22.7 Å². The van der Waals surface area contributed by atoms with Gasteiger partial charge in [-0.3, -0.25) is 0 Å². The summed E-state index contributed by atoms with van der Waals surface area (Å²) < 4.78 is 1.00. The van der Waals surface area contributed by atoms with Crippen molar-refractivity contribution in [3.63, 3.8) is 0 Å². The minimum absolute atomic E-state index is 0.105. The lowest BCUT2D eigenvalue weighted by molar-refractivity contribution is 0.0860. The van der Waals surface area contributed by atoms with E-state index < -0.39 is 6.10 Å². The van der Waals surface area contributed by atoms with Gasteiger partial charge in [-0.1, -0.05) is 35.8 Å². The topological polar surface area (TPSA) is 46.2 Å². The second kappa shape index (κ2) is 5.80. The zero-order valence-corrected chi connectivity index (χ0v) is 11.7. The molecule has 1 rings (SSSR count). The summed E-state index contributed by atoms with van der Waals surface area (Å²) in [6, 6.07) is 6.01. The average molecular weight is 286 g/mol. The normalized spacial score (nSPS) is 15.2. The summed E-state index contributed by atoms with van der Waals surface area (Å²) in [7, 11) is 0. The van der Waals surface area contributed by atoms with Crippen LogP contribution in [0, 0.1) is 18.8 Å². The minimum Gasteiger partial charge on any atom is -0.388 e. The minimum atomic E-state index is -0.485. The number of hydrogen-bond acceptors (Lipinski definition) is 2. The van der Waals surface area contributed by atoms with Gasteiger partial charge in [-0.15, -0.1) is 0 Å². The fraction of sp³-hybridized carbons (Fsp3) is 0.538. The standard InChI is InChI=1S/C13H20BrNO/c1-8(2)12(7-15)13(16)10-4-9(3)5-11(14)6-10/h4-6,8,12-13,16H,7,15H2,1-3H3. The number of nitrogens with two attached hydrogens (primary N) is 1. The highest BCUT2D eigenvalue weighted by Gasteiger charge is 2.22. The first-order valence-corrected chi connectivity index (χ1v) is 6.40. The van der Waals surface area contributed by atoms with E-state index in [1.54, 1.807) is 0 Å². The molecule has 0 amide bonds. The van der Waals surface area contributed by atoms with Gasteiger partial charge in [0.25, 0.3) is 0 Å².